The maximum Gasteiger partial charge on any atom is 0.224 e. The maximum atomic E-state index is 11.9. The topological polar surface area (TPSA) is 46.3 Å². The highest BCUT2D eigenvalue weighted by atomic mass is 16.2. The van der Waals surface area contributed by atoms with Crippen LogP contribution in [0.2, 0.25) is 0 Å². The van der Waals surface area contributed by atoms with Gasteiger partial charge in [0.05, 0.1) is 0 Å². The summed E-state index contributed by atoms with van der Waals surface area (Å²) < 4.78 is 0. The van der Waals surface area contributed by atoms with E-state index in [1.807, 2.05) is 18.7 Å². The molecule has 1 aliphatic heterocycles. The lowest BCUT2D eigenvalue weighted by molar-refractivity contribution is -0.134. The van der Waals surface area contributed by atoms with Crippen LogP contribution in [0, 0.1) is 0 Å². The molecule has 1 aliphatic rings. The van der Waals surface area contributed by atoms with Crippen molar-refractivity contribution >= 4 is 5.91 Å². The first kappa shape index (κ1) is 11.5. The van der Waals surface area contributed by atoms with E-state index < -0.39 is 0 Å². The number of carbonyl (C=O) groups is 1. The number of carbonyl (C=O) groups excluding carboxylic acids is 1. The predicted molar refractivity (Wildman–Crippen MR) is 57.9 cm³/mol. The smallest absolute Gasteiger partial charge is 0.224 e. The quantitative estimate of drug-likeness (QED) is 0.731. The standard InChI is InChI=1S/C11H22N2O/c1-8-5-6-9(2)13(8)10(14)7-11(3,4)12/h8-9H,5-7,12H2,1-4H3. The maximum absolute atomic E-state index is 11.9. The van der Waals surface area contributed by atoms with Crippen molar-refractivity contribution in [2.75, 3.05) is 0 Å². The molecule has 0 spiro atoms. The van der Waals surface area contributed by atoms with Gasteiger partial charge in [-0.25, -0.2) is 0 Å². The van der Waals surface area contributed by atoms with Gasteiger partial charge in [-0.05, 0) is 40.5 Å². The summed E-state index contributed by atoms with van der Waals surface area (Å²) in [5.74, 6) is 0.204. The Kier molecular flexibility index (Phi) is 3.20. The van der Waals surface area contributed by atoms with Crippen molar-refractivity contribution in [2.24, 2.45) is 5.73 Å². The summed E-state index contributed by atoms with van der Waals surface area (Å²) in [6.07, 6.45) is 2.69. The van der Waals surface area contributed by atoms with E-state index >= 15 is 0 Å². The van der Waals surface area contributed by atoms with Crippen LogP contribution in [0.4, 0.5) is 0 Å². The third-order valence-electron chi connectivity index (χ3n) is 2.85. The Bertz CT molecular complexity index is 210. The Morgan fingerprint density at radius 3 is 2.14 bits per heavy atom. The van der Waals surface area contributed by atoms with Crippen LogP contribution in [-0.2, 0) is 4.79 Å². The van der Waals surface area contributed by atoms with Gasteiger partial charge in [-0.3, -0.25) is 4.79 Å². The minimum absolute atomic E-state index is 0.204. The summed E-state index contributed by atoms with van der Waals surface area (Å²) in [6.45, 7) is 8.03. The molecule has 0 saturated carbocycles. The molecule has 1 saturated heterocycles. The monoisotopic (exact) mass is 198 g/mol. The zero-order valence-electron chi connectivity index (χ0n) is 9.71. The van der Waals surface area contributed by atoms with E-state index in [1.165, 1.54) is 0 Å². The lowest BCUT2D eigenvalue weighted by Gasteiger charge is -2.29. The molecule has 0 bridgehead atoms. The number of hydrogen-bond donors (Lipinski definition) is 1. The van der Waals surface area contributed by atoms with Gasteiger partial charge in [0.1, 0.15) is 0 Å². The Labute approximate surface area is 86.6 Å². The van der Waals surface area contributed by atoms with Crippen LogP contribution in [0.15, 0.2) is 0 Å². The molecule has 1 heterocycles. The van der Waals surface area contributed by atoms with Crippen molar-refractivity contribution in [3.8, 4) is 0 Å². The molecule has 1 amide bonds. The second-order valence-corrected chi connectivity index (χ2v) is 5.24. The SMILES string of the molecule is CC1CCC(C)N1C(=O)CC(C)(C)N. The van der Waals surface area contributed by atoms with Crippen LogP contribution in [0.5, 0.6) is 0 Å². The van der Waals surface area contributed by atoms with Crippen molar-refractivity contribution < 1.29 is 4.79 Å². The van der Waals surface area contributed by atoms with E-state index in [0.717, 1.165) is 12.8 Å². The van der Waals surface area contributed by atoms with Gasteiger partial charge in [-0.1, -0.05) is 0 Å². The van der Waals surface area contributed by atoms with Crippen LogP contribution >= 0.6 is 0 Å². The molecule has 0 aromatic carbocycles. The Hall–Kier alpha value is -0.570. The van der Waals surface area contributed by atoms with Gasteiger partial charge in [0, 0.05) is 24.0 Å². The van der Waals surface area contributed by atoms with Crippen LogP contribution in [0.3, 0.4) is 0 Å². The normalized spacial score (nSPS) is 28.2. The fourth-order valence-electron chi connectivity index (χ4n) is 2.17. The summed E-state index contributed by atoms with van der Waals surface area (Å²) in [7, 11) is 0. The van der Waals surface area contributed by atoms with Gasteiger partial charge in [0.2, 0.25) is 5.91 Å². The summed E-state index contributed by atoms with van der Waals surface area (Å²) in [5, 5.41) is 0. The molecular weight excluding hydrogens is 176 g/mol. The highest BCUT2D eigenvalue weighted by Crippen LogP contribution is 2.25. The number of amides is 1. The van der Waals surface area contributed by atoms with Crippen molar-refractivity contribution in [1.82, 2.24) is 4.90 Å². The molecule has 2 unspecified atom stereocenters. The third-order valence-corrected chi connectivity index (χ3v) is 2.85. The molecule has 2 atom stereocenters. The summed E-state index contributed by atoms with van der Waals surface area (Å²) in [4.78, 5) is 13.9. The first-order chi connectivity index (χ1) is 6.31. The molecular formula is C11H22N2O. The molecule has 14 heavy (non-hydrogen) atoms. The fourth-order valence-corrected chi connectivity index (χ4v) is 2.17. The summed E-state index contributed by atoms with van der Waals surface area (Å²) in [6, 6.07) is 0.777. The van der Waals surface area contributed by atoms with Gasteiger partial charge in [0.15, 0.2) is 0 Å². The number of likely N-dealkylation sites (tertiary alicyclic amines) is 1. The molecule has 82 valence electrons. The van der Waals surface area contributed by atoms with Gasteiger partial charge in [-0.2, -0.15) is 0 Å². The van der Waals surface area contributed by atoms with Gasteiger partial charge < -0.3 is 10.6 Å². The lowest BCUT2D eigenvalue weighted by Crippen LogP contribution is -2.44. The van der Waals surface area contributed by atoms with Crippen LogP contribution in [0.25, 0.3) is 0 Å². The van der Waals surface area contributed by atoms with E-state index in [1.54, 1.807) is 0 Å². The van der Waals surface area contributed by atoms with Crippen molar-refractivity contribution in [1.29, 1.82) is 0 Å². The molecule has 1 fully saturated rings. The minimum atomic E-state index is -0.390. The lowest BCUT2D eigenvalue weighted by atomic mass is 10.0. The number of hydrogen-bond acceptors (Lipinski definition) is 2. The third kappa shape index (κ3) is 2.71. The molecule has 0 aliphatic carbocycles. The molecule has 2 N–H and O–H groups in total. The van der Waals surface area contributed by atoms with Crippen LogP contribution in [0.1, 0.15) is 47.0 Å². The van der Waals surface area contributed by atoms with Crippen molar-refractivity contribution in [2.45, 2.75) is 64.6 Å². The molecule has 0 aromatic rings. The molecule has 3 nitrogen and oxygen atoms in total. The second kappa shape index (κ2) is 3.89. The molecule has 0 radical (unpaired) electrons. The molecule has 1 rings (SSSR count). The first-order valence-electron chi connectivity index (χ1n) is 5.41. The average molecular weight is 198 g/mol. The second-order valence-electron chi connectivity index (χ2n) is 5.24. The van der Waals surface area contributed by atoms with Gasteiger partial charge in [-0.15, -0.1) is 0 Å². The number of nitrogens with zero attached hydrogens (tertiary/aromatic N) is 1. The number of rotatable bonds is 2. The van der Waals surface area contributed by atoms with E-state index in [9.17, 15) is 4.79 Å². The molecule has 0 aromatic heterocycles. The Morgan fingerprint density at radius 1 is 1.36 bits per heavy atom. The summed E-state index contributed by atoms with van der Waals surface area (Å²) in [5.41, 5.74) is 5.46. The largest absolute Gasteiger partial charge is 0.337 e. The van der Waals surface area contributed by atoms with Crippen molar-refractivity contribution in [3.05, 3.63) is 0 Å². The average Bonchev–Trinajstić information content (AvgIpc) is 2.27. The minimum Gasteiger partial charge on any atom is -0.337 e. The zero-order valence-corrected chi connectivity index (χ0v) is 9.71. The zero-order chi connectivity index (χ0) is 10.9. The fraction of sp³-hybridized carbons (Fsp3) is 0.909. The van der Waals surface area contributed by atoms with Gasteiger partial charge >= 0.3 is 0 Å². The Morgan fingerprint density at radius 2 is 1.79 bits per heavy atom. The summed E-state index contributed by atoms with van der Waals surface area (Å²) >= 11 is 0. The highest BCUT2D eigenvalue weighted by molar-refractivity contribution is 5.78. The predicted octanol–water partition coefficient (Wildman–Crippen LogP) is 1.51. The van der Waals surface area contributed by atoms with Crippen LogP contribution in [-0.4, -0.2) is 28.4 Å². The molecule has 3 heteroatoms. The van der Waals surface area contributed by atoms with E-state index in [2.05, 4.69) is 13.8 Å². The van der Waals surface area contributed by atoms with E-state index in [4.69, 9.17) is 5.73 Å². The van der Waals surface area contributed by atoms with Crippen LogP contribution < -0.4 is 5.73 Å². The van der Waals surface area contributed by atoms with Crippen molar-refractivity contribution in [3.63, 3.8) is 0 Å². The van der Waals surface area contributed by atoms with Gasteiger partial charge in [0.25, 0.3) is 0 Å². The van der Waals surface area contributed by atoms with E-state index in [0.29, 0.717) is 18.5 Å². The highest BCUT2D eigenvalue weighted by Gasteiger charge is 2.32. The first-order valence-corrected chi connectivity index (χ1v) is 5.41. The van der Waals surface area contributed by atoms with E-state index in [-0.39, 0.29) is 11.4 Å². The Balaban J connectivity index is 2.60. The number of nitrogens with two attached hydrogens (primary N) is 1.